The number of thiazole rings is 1. The summed E-state index contributed by atoms with van der Waals surface area (Å²) in [5.74, 6) is -0.00219. The quantitative estimate of drug-likeness (QED) is 0.463. The number of carbonyl (C=O) groups is 1. The number of hydrogen-bond donors (Lipinski definition) is 0. The molecule has 3 aromatic rings. The molecule has 1 aliphatic rings. The van der Waals surface area contributed by atoms with E-state index in [-0.39, 0.29) is 22.5 Å². The Balaban J connectivity index is 1.55. The molecule has 0 bridgehead atoms. The fourth-order valence-corrected chi connectivity index (χ4v) is 4.74. The maximum absolute atomic E-state index is 12.9. The zero-order valence-corrected chi connectivity index (χ0v) is 15.9. The molecule has 0 saturated carbocycles. The van der Waals surface area contributed by atoms with E-state index in [0.29, 0.717) is 18.7 Å². The lowest BCUT2D eigenvalue weighted by Gasteiger charge is -2.32. The van der Waals surface area contributed by atoms with Crippen LogP contribution in [-0.4, -0.2) is 33.8 Å². The molecule has 0 N–H and O–H groups in total. The third kappa shape index (κ3) is 3.52. The van der Waals surface area contributed by atoms with E-state index < -0.39 is 4.92 Å². The standard InChI is InChI=1S/C19H16ClN3O3S/c20-15-10-13(23(25)26)7-8-14(15)19(24)22-9-3-4-12(11-22)18-21-16-5-1-2-6-17(16)27-18/h1-2,5-8,10,12H,3-4,9,11H2/t12-/m0/s1. The van der Waals surface area contributed by atoms with Crippen molar-refractivity contribution in [3.8, 4) is 0 Å². The third-order valence-electron chi connectivity index (χ3n) is 4.76. The zero-order chi connectivity index (χ0) is 19.0. The lowest BCUT2D eigenvalue weighted by molar-refractivity contribution is -0.384. The Hall–Kier alpha value is -2.51. The minimum Gasteiger partial charge on any atom is -0.338 e. The van der Waals surface area contributed by atoms with Crippen molar-refractivity contribution in [2.75, 3.05) is 13.1 Å². The number of fused-ring (bicyclic) bond motifs is 1. The number of aromatic nitrogens is 1. The van der Waals surface area contributed by atoms with Gasteiger partial charge in [0.25, 0.3) is 11.6 Å². The molecule has 1 aromatic heterocycles. The summed E-state index contributed by atoms with van der Waals surface area (Å²) in [5.41, 5.74) is 1.16. The molecule has 27 heavy (non-hydrogen) atoms. The normalized spacial score (nSPS) is 17.2. The van der Waals surface area contributed by atoms with Crippen molar-refractivity contribution >= 4 is 44.7 Å². The van der Waals surface area contributed by atoms with Gasteiger partial charge in [-0.2, -0.15) is 0 Å². The Kier molecular flexibility index (Phi) is 4.80. The highest BCUT2D eigenvalue weighted by Crippen LogP contribution is 2.34. The van der Waals surface area contributed by atoms with E-state index in [1.807, 2.05) is 18.2 Å². The lowest BCUT2D eigenvalue weighted by Crippen LogP contribution is -2.39. The highest BCUT2D eigenvalue weighted by atomic mass is 35.5. The average Bonchev–Trinajstić information content (AvgIpc) is 3.12. The van der Waals surface area contributed by atoms with E-state index in [0.717, 1.165) is 28.1 Å². The van der Waals surface area contributed by atoms with Gasteiger partial charge in [0.15, 0.2) is 0 Å². The van der Waals surface area contributed by atoms with Crippen LogP contribution in [-0.2, 0) is 0 Å². The van der Waals surface area contributed by atoms with Gasteiger partial charge in [0.2, 0.25) is 0 Å². The number of likely N-dealkylation sites (tertiary alicyclic amines) is 1. The summed E-state index contributed by atoms with van der Waals surface area (Å²) in [6.07, 6.45) is 1.87. The van der Waals surface area contributed by atoms with Crippen LogP contribution in [0.5, 0.6) is 0 Å². The average molecular weight is 402 g/mol. The molecule has 1 aliphatic heterocycles. The van der Waals surface area contributed by atoms with Gasteiger partial charge in [-0.25, -0.2) is 4.98 Å². The van der Waals surface area contributed by atoms with E-state index >= 15 is 0 Å². The van der Waals surface area contributed by atoms with E-state index in [1.54, 1.807) is 16.2 Å². The Morgan fingerprint density at radius 3 is 2.85 bits per heavy atom. The highest BCUT2D eigenvalue weighted by Gasteiger charge is 2.28. The van der Waals surface area contributed by atoms with Crippen molar-refractivity contribution in [2.24, 2.45) is 0 Å². The van der Waals surface area contributed by atoms with Gasteiger partial charge in [-0.1, -0.05) is 23.7 Å². The molecule has 0 spiro atoms. The minimum absolute atomic E-state index is 0.108. The van der Waals surface area contributed by atoms with E-state index in [4.69, 9.17) is 16.6 Å². The van der Waals surface area contributed by atoms with Gasteiger partial charge in [-0.05, 0) is 31.0 Å². The van der Waals surface area contributed by atoms with E-state index in [9.17, 15) is 14.9 Å². The predicted octanol–water partition coefficient (Wildman–Crippen LogP) is 4.88. The number of piperidine rings is 1. The topological polar surface area (TPSA) is 76.3 Å². The van der Waals surface area contributed by atoms with Crippen molar-refractivity contribution in [1.82, 2.24) is 9.88 Å². The first-order valence-electron chi connectivity index (χ1n) is 8.61. The summed E-state index contributed by atoms with van der Waals surface area (Å²) in [6.45, 7) is 1.22. The molecule has 1 fully saturated rings. The van der Waals surface area contributed by atoms with Gasteiger partial charge in [-0.3, -0.25) is 14.9 Å². The van der Waals surface area contributed by atoms with Gasteiger partial charge < -0.3 is 4.90 Å². The molecule has 0 unspecified atom stereocenters. The molecule has 2 aromatic carbocycles. The van der Waals surface area contributed by atoms with Crippen LogP contribution in [0.1, 0.15) is 34.1 Å². The second-order valence-corrected chi connectivity index (χ2v) is 8.00. The number of rotatable bonds is 3. The SMILES string of the molecule is O=C(c1ccc([N+](=O)[O-])cc1Cl)N1CCC[C@H](c2nc3ccccc3s2)C1. The fourth-order valence-electron chi connectivity index (χ4n) is 3.39. The van der Waals surface area contributed by atoms with Gasteiger partial charge >= 0.3 is 0 Å². The van der Waals surface area contributed by atoms with Crippen LogP contribution in [0.3, 0.4) is 0 Å². The minimum atomic E-state index is -0.524. The number of nitro benzene ring substituents is 1. The van der Waals surface area contributed by atoms with Crippen molar-refractivity contribution in [3.63, 3.8) is 0 Å². The number of para-hydroxylation sites is 1. The number of halogens is 1. The monoisotopic (exact) mass is 401 g/mol. The third-order valence-corrected chi connectivity index (χ3v) is 6.27. The van der Waals surface area contributed by atoms with Crippen molar-refractivity contribution in [3.05, 3.63) is 68.2 Å². The Labute approximate surface area is 164 Å². The molecule has 4 rings (SSSR count). The number of amides is 1. The second-order valence-electron chi connectivity index (χ2n) is 6.53. The maximum atomic E-state index is 12.9. The van der Waals surface area contributed by atoms with Crippen LogP contribution < -0.4 is 0 Å². The largest absolute Gasteiger partial charge is 0.338 e. The molecular formula is C19H16ClN3O3S. The molecule has 6 nitrogen and oxygen atoms in total. The second kappa shape index (κ2) is 7.25. The van der Waals surface area contributed by atoms with Crippen LogP contribution >= 0.6 is 22.9 Å². The van der Waals surface area contributed by atoms with Crippen LogP contribution in [0.15, 0.2) is 42.5 Å². The summed E-state index contributed by atoms with van der Waals surface area (Å²) in [5, 5.41) is 12.0. The Morgan fingerprint density at radius 1 is 1.30 bits per heavy atom. The summed E-state index contributed by atoms with van der Waals surface area (Å²) < 4.78 is 1.15. The maximum Gasteiger partial charge on any atom is 0.270 e. The molecule has 0 radical (unpaired) electrons. The molecule has 2 heterocycles. The molecule has 138 valence electrons. The Bertz CT molecular complexity index is 1000. The van der Waals surface area contributed by atoms with Crippen molar-refractivity contribution in [2.45, 2.75) is 18.8 Å². The molecule has 1 atom stereocenters. The van der Waals surface area contributed by atoms with E-state index in [2.05, 4.69) is 6.07 Å². The van der Waals surface area contributed by atoms with E-state index in [1.165, 1.54) is 18.2 Å². The van der Waals surface area contributed by atoms with Gasteiger partial charge in [0, 0.05) is 31.1 Å². The first-order valence-corrected chi connectivity index (χ1v) is 9.81. The molecule has 1 saturated heterocycles. The van der Waals surface area contributed by atoms with Gasteiger partial charge in [-0.15, -0.1) is 11.3 Å². The summed E-state index contributed by atoms with van der Waals surface area (Å²) in [6, 6.07) is 12.0. The summed E-state index contributed by atoms with van der Waals surface area (Å²) in [4.78, 5) is 29.7. The first-order chi connectivity index (χ1) is 13.0. The zero-order valence-electron chi connectivity index (χ0n) is 14.3. The first kappa shape index (κ1) is 17.9. The molecule has 8 heteroatoms. The highest BCUT2D eigenvalue weighted by molar-refractivity contribution is 7.18. The number of nitro groups is 1. The summed E-state index contributed by atoms with van der Waals surface area (Å²) >= 11 is 7.80. The fraction of sp³-hybridized carbons (Fsp3) is 0.263. The molecule has 0 aliphatic carbocycles. The number of benzene rings is 2. The van der Waals surface area contributed by atoms with Crippen molar-refractivity contribution < 1.29 is 9.72 Å². The van der Waals surface area contributed by atoms with Crippen LogP contribution in [0.4, 0.5) is 5.69 Å². The molecule has 1 amide bonds. The lowest BCUT2D eigenvalue weighted by atomic mass is 9.98. The van der Waals surface area contributed by atoms with Gasteiger partial charge in [0.1, 0.15) is 0 Å². The number of carbonyl (C=O) groups excluding carboxylic acids is 1. The number of nitrogens with zero attached hydrogens (tertiary/aromatic N) is 3. The predicted molar refractivity (Wildman–Crippen MR) is 106 cm³/mol. The number of hydrogen-bond acceptors (Lipinski definition) is 5. The van der Waals surface area contributed by atoms with Crippen LogP contribution in [0.2, 0.25) is 5.02 Å². The van der Waals surface area contributed by atoms with Crippen LogP contribution in [0, 0.1) is 10.1 Å². The molecular weight excluding hydrogens is 386 g/mol. The number of non-ortho nitro benzene ring substituents is 1. The van der Waals surface area contributed by atoms with Crippen molar-refractivity contribution in [1.29, 1.82) is 0 Å². The van der Waals surface area contributed by atoms with Gasteiger partial charge in [0.05, 0.1) is 30.7 Å². The Morgan fingerprint density at radius 2 is 2.11 bits per heavy atom. The summed E-state index contributed by atoms with van der Waals surface area (Å²) in [7, 11) is 0. The van der Waals surface area contributed by atoms with Crippen LogP contribution in [0.25, 0.3) is 10.2 Å². The smallest absolute Gasteiger partial charge is 0.270 e.